The number of piperidine rings is 1. The van der Waals surface area contributed by atoms with Crippen LogP contribution in [0.2, 0.25) is 0 Å². The number of likely N-dealkylation sites (tertiary alicyclic amines) is 1. The molecule has 0 aromatic heterocycles. The number of benzene rings is 1. The highest BCUT2D eigenvalue weighted by Gasteiger charge is 2.38. The summed E-state index contributed by atoms with van der Waals surface area (Å²) in [6.45, 7) is 2.85. The van der Waals surface area contributed by atoms with E-state index in [1.54, 1.807) is 4.90 Å². The summed E-state index contributed by atoms with van der Waals surface area (Å²) in [5, 5.41) is -0.360. The maximum Gasteiger partial charge on any atom is 0.293 e. The zero-order valence-corrected chi connectivity index (χ0v) is 18.7. The molecular weight excluding hydrogens is 412 g/mol. The molecule has 0 bridgehead atoms. The van der Waals surface area contributed by atoms with E-state index in [-0.39, 0.29) is 29.4 Å². The van der Waals surface area contributed by atoms with Gasteiger partial charge < -0.3 is 4.90 Å². The van der Waals surface area contributed by atoms with Gasteiger partial charge in [-0.3, -0.25) is 24.1 Å². The molecule has 3 fully saturated rings. The first-order valence-corrected chi connectivity index (χ1v) is 11.9. The van der Waals surface area contributed by atoms with Gasteiger partial charge in [-0.2, -0.15) is 0 Å². The van der Waals surface area contributed by atoms with Crippen molar-refractivity contribution in [3.8, 4) is 0 Å². The molecule has 0 N–H and O–H groups in total. The fourth-order valence-electron chi connectivity index (χ4n) is 4.19. The lowest BCUT2D eigenvalue weighted by atomic mass is 10.0. The molecule has 2 aliphatic heterocycles. The highest BCUT2D eigenvalue weighted by molar-refractivity contribution is 8.18. The molecule has 0 unspecified atom stereocenters. The van der Waals surface area contributed by atoms with Crippen LogP contribution in [-0.2, 0) is 9.59 Å². The number of imide groups is 1. The number of Topliss-reactive ketones (excluding diaryl/α,β-unsaturated/α-hetero) is 1. The second-order valence-electron chi connectivity index (χ2n) is 8.67. The van der Waals surface area contributed by atoms with Crippen molar-refractivity contribution < 1.29 is 19.2 Å². The Morgan fingerprint density at radius 3 is 2.48 bits per heavy atom. The quantitative estimate of drug-likeness (QED) is 0.590. The van der Waals surface area contributed by atoms with Crippen molar-refractivity contribution in [3.05, 3.63) is 45.9 Å². The Bertz CT molecular complexity index is 941. The third-order valence-electron chi connectivity index (χ3n) is 6.30. The van der Waals surface area contributed by atoms with Gasteiger partial charge in [0.05, 0.1) is 11.4 Å². The van der Waals surface area contributed by atoms with Crippen molar-refractivity contribution in [1.29, 1.82) is 0 Å². The van der Waals surface area contributed by atoms with Crippen LogP contribution in [0.25, 0.3) is 0 Å². The lowest BCUT2D eigenvalue weighted by molar-refractivity contribution is -0.128. The van der Waals surface area contributed by atoms with E-state index >= 15 is 0 Å². The molecule has 0 spiro atoms. The van der Waals surface area contributed by atoms with Gasteiger partial charge in [-0.15, -0.1) is 0 Å². The predicted molar refractivity (Wildman–Crippen MR) is 120 cm³/mol. The minimum absolute atomic E-state index is 0.00190. The van der Waals surface area contributed by atoms with Crippen molar-refractivity contribution in [2.24, 2.45) is 5.92 Å². The van der Waals surface area contributed by atoms with E-state index in [0.717, 1.165) is 46.6 Å². The summed E-state index contributed by atoms with van der Waals surface area (Å²) in [5.74, 6) is 0.382. The normalized spacial score (nSPS) is 19.4. The Labute approximate surface area is 187 Å². The number of amides is 3. The van der Waals surface area contributed by atoms with Gasteiger partial charge in [0.25, 0.3) is 17.1 Å². The fourth-order valence-corrected chi connectivity index (χ4v) is 5.17. The molecule has 2 heterocycles. The molecule has 4 rings (SSSR count). The van der Waals surface area contributed by atoms with Gasteiger partial charge in [-0.1, -0.05) is 37.5 Å². The van der Waals surface area contributed by atoms with Gasteiger partial charge in [0.1, 0.15) is 0 Å². The summed E-state index contributed by atoms with van der Waals surface area (Å²) in [5.41, 5.74) is 2.56. The number of rotatable bonds is 7. The number of carbonyl (C=O) groups is 4. The average Bonchev–Trinajstić information content (AvgIpc) is 3.55. The third-order valence-corrected chi connectivity index (χ3v) is 7.36. The van der Waals surface area contributed by atoms with Crippen molar-refractivity contribution in [3.63, 3.8) is 0 Å². The molecule has 164 valence electrons. The molecule has 1 aromatic carbocycles. The lowest BCUT2D eigenvalue weighted by Gasteiger charge is -2.29. The predicted octanol–water partition coefficient (Wildman–Crippen LogP) is 4.33. The van der Waals surface area contributed by atoms with E-state index in [4.69, 9.17) is 0 Å². The second kappa shape index (κ2) is 9.39. The zero-order valence-electron chi connectivity index (χ0n) is 17.9. The number of hydrogen-bond acceptors (Lipinski definition) is 5. The van der Waals surface area contributed by atoms with Crippen molar-refractivity contribution in [2.75, 3.05) is 19.6 Å². The van der Waals surface area contributed by atoms with Crippen molar-refractivity contribution >= 4 is 34.6 Å². The van der Waals surface area contributed by atoms with Crippen molar-refractivity contribution in [2.45, 2.75) is 51.9 Å². The average molecular weight is 441 g/mol. The standard InChI is InChI=1S/C24H28N2O4S/c1-16-5-2-3-8-20(16)22(28)25-13-11-18(12-14-25)21-23(29)26(24(30)31-21)15-19(27)7-4-6-17-9-10-17/h2-3,5,8,17H,4,6-7,9-15H2,1H3. The van der Waals surface area contributed by atoms with E-state index in [0.29, 0.717) is 42.8 Å². The van der Waals surface area contributed by atoms with Crippen LogP contribution in [0.3, 0.4) is 0 Å². The first-order valence-electron chi connectivity index (χ1n) is 11.1. The lowest BCUT2D eigenvalue weighted by Crippen LogP contribution is -2.37. The first-order chi connectivity index (χ1) is 14.9. The molecule has 3 amide bonds. The number of ketones is 1. The Morgan fingerprint density at radius 1 is 1.10 bits per heavy atom. The smallest absolute Gasteiger partial charge is 0.293 e. The van der Waals surface area contributed by atoms with Crippen molar-refractivity contribution in [1.82, 2.24) is 9.80 Å². The maximum absolute atomic E-state index is 12.8. The summed E-state index contributed by atoms with van der Waals surface area (Å²) in [7, 11) is 0. The molecule has 7 heteroatoms. The van der Waals surface area contributed by atoms with Crippen LogP contribution in [0.1, 0.15) is 60.9 Å². The van der Waals surface area contributed by atoms with Crippen LogP contribution in [0.15, 0.2) is 34.7 Å². The van der Waals surface area contributed by atoms with E-state index < -0.39 is 0 Å². The summed E-state index contributed by atoms with van der Waals surface area (Å²) in [6.07, 6.45) is 6.00. The summed E-state index contributed by atoms with van der Waals surface area (Å²) in [4.78, 5) is 53.6. The van der Waals surface area contributed by atoms with Crippen LogP contribution >= 0.6 is 11.8 Å². The maximum atomic E-state index is 12.8. The molecule has 0 radical (unpaired) electrons. The Kier molecular flexibility index (Phi) is 6.60. The summed E-state index contributed by atoms with van der Waals surface area (Å²) in [6, 6.07) is 7.53. The SMILES string of the molecule is Cc1ccccc1C(=O)N1CCC(=C2SC(=O)N(CC(=O)CCCC3CC3)C2=O)CC1. The number of carbonyl (C=O) groups excluding carboxylic acids is 4. The molecule has 31 heavy (non-hydrogen) atoms. The molecule has 1 aliphatic carbocycles. The molecule has 2 saturated heterocycles. The Morgan fingerprint density at radius 2 is 1.81 bits per heavy atom. The third kappa shape index (κ3) is 5.09. The van der Waals surface area contributed by atoms with Gasteiger partial charge in [-0.05, 0) is 61.1 Å². The van der Waals surface area contributed by atoms with E-state index in [2.05, 4.69) is 0 Å². The topological polar surface area (TPSA) is 74.8 Å². The molecular formula is C24H28N2O4S. The molecule has 1 aromatic rings. The molecule has 3 aliphatic rings. The highest BCUT2D eigenvalue weighted by atomic mass is 32.2. The molecule has 1 saturated carbocycles. The molecule has 6 nitrogen and oxygen atoms in total. The van der Waals surface area contributed by atoms with E-state index in [1.807, 2.05) is 31.2 Å². The monoisotopic (exact) mass is 440 g/mol. The van der Waals surface area contributed by atoms with Gasteiger partial charge >= 0.3 is 0 Å². The largest absolute Gasteiger partial charge is 0.338 e. The first kappa shape index (κ1) is 21.8. The number of hydrogen-bond donors (Lipinski definition) is 0. The van der Waals surface area contributed by atoms with Crippen LogP contribution < -0.4 is 0 Å². The number of aryl methyl sites for hydroxylation is 1. The van der Waals surface area contributed by atoms with Crippen LogP contribution in [0.5, 0.6) is 0 Å². The highest BCUT2D eigenvalue weighted by Crippen LogP contribution is 2.37. The Hall–Kier alpha value is -2.41. The number of thioether (sulfide) groups is 1. The minimum atomic E-state index is -0.360. The summed E-state index contributed by atoms with van der Waals surface area (Å²) >= 11 is 0.939. The van der Waals surface area contributed by atoms with Gasteiger partial charge in [0, 0.05) is 25.1 Å². The minimum Gasteiger partial charge on any atom is -0.338 e. The van der Waals surface area contributed by atoms with E-state index in [1.165, 1.54) is 12.8 Å². The molecule has 0 atom stereocenters. The van der Waals surface area contributed by atoms with Gasteiger partial charge in [0.15, 0.2) is 5.78 Å². The zero-order chi connectivity index (χ0) is 22.0. The van der Waals surface area contributed by atoms with Crippen LogP contribution in [0, 0.1) is 12.8 Å². The van der Waals surface area contributed by atoms with Crippen LogP contribution in [-0.4, -0.2) is 52.3 Å². The fraction of sp³-hybridized carbons (Fsp3) is 0.500. The number of nitrogens with zero attached hydrogens (tertiary/aromatic N) is 2. The summed E-state index contributed by atoms with van der Waals surface area (Å²) < 4.78 is 0. The van der Waals surface area contributed by atoms with Gasteiger partial charge in [0.2, 0.25) is 0 Å². The Balaban J connectivity index is 1.34. The second-order valence-corrected chi connectivity index (χ2v) is 9.63. The van der Waals surface area contributed by atoms with Crippen LogP contribution in [0.4, 0.5) is 4.79 Å². The van der Waals surface area contributed by atoms with Gasteiger partial charge in [-0.25, -0.2) is 0 Å². The van der Waals surface area contributed by atoms with E-state index in [9.17, 15) is 19.2 Å².